The van der Waals surface area contributed by atoms with Crippen LogP contribution < -0.4 is 5.32 Å². The molecular weight excluding hydrogens is 415 g/mol. The summed E-state index contributed by atoms with van der Waals surface area (Å²) < 4.78 is 5.90. The molecule has 116 valence electrons. The van der Waals surface area contributed by atoms with Crippen LogP contribution in [-0.4, -0.2) is 23.5 Å². The molecule has 0 fully saturated rings. The summed E-state index contributed by atoms with van der Waals surface area (Å²) in [5.74, 6) is -0.534. The molecule has 0 saturated heterocycles. The molecule has 0 radical (unpaired) electrons. The SMILES string of the molecule is CCOC(=O)Cc1csc(NC(=O)c2ccc(C)c(I)c2)n1. The molecule has 1 aromatic carbocycles. The molecule has 0 atom stereocenters. The second-order valence-electron chi connectivity index (χ2n) is 4.54. The first-order chi connectivity index (χ1) is 10.5. The third-order valence-corrected chi connectivity index (χ3v) is 4.81. The number of amides is 1. The van der Waals surface area contributed by atoms with Gasteiger partial charge in [0.05, 0.1) is 18.7 Å². The van der Waals surface area contributed by atoms with E-state index in [1.165, 1.54) is 11.3 Å². The van der Waals surface area contributed by atoms with E-state index in [4.69, 9.17) is 4.74 Å². The lowest BCUT2D eigenvalue weighted by Crippen LogP contribution is -2.12. The van der Waals surface area contributed by atoms with Crippen molar-refractivity contribution in [3.63, 3.8) is 0 Å². The number of aryl methyl sites for hydroxylation is 1. The number of aromatic nitrogens is 1. The number of ether oxygens (including phenoxy) is 1. The molecule has 1 amide bonds. The largest absolute Gasteiger partial charge is 0.466 e. The Balaban J connectivity index is 2.01. The molecule has 0 unspecified atom stereocenters. The zero-order chi connectivity index (χ0) is 16.1. The molecule has 1 aromatic heterocycles. The Hall–Kier alpha value is -1.48. The van der Waals surface area contributed by atoms with Crippen LogP contribution in [0.3, 0.4) is 0 Å². The van der Waals surface area contributed by atoms with Gasteiger partial charge in [0.1, 0.15) is 0 Å². The Morgan fingerprint density at radius 1 is 1.41 bits per heavy atom. The topological polar surface area (TPSA) is 68.3 Å². The van der Waals surface area contributed by atoms with Crippen LogP contribution in [0.15, 0.2) is 23.6 Å². The summed E-state index contributed by atoms with van der Waals surface area (Å²) in [7, 11) is 0. The first-order valence-corrected chi connectivity index (χ1v) is 8.63. The lowest BCUT2D eigenvalue weighted by Gasteiger charge is -2.04. The van der Waals surface area contributed by atoms with Crippen LogP contribution in [0.5, 0.6) is 0 Å². The van der Waals surface area contributed by atoms with Gasteiger partial charge in [0.25, 0.3) is 5.91 Å². The summed E-state index contributed by atoms with van der Waals surface area (Å²) in [6, 6.07) is 5.52. The molecule has 7 heteroatoms. The number of esters is 1. The number of carbonyl (C=O) groups is 2. The van der Waals surface area contributed by atoms with Crippen molar-refractivity contribution in [3.05, 3.63) is 44.0 Å². The average molecular weight is 430 g/mol. The number of nitrogens with one attached hydrogen (secondary N) is 1. The fourth-order valence-corrected chi connectivity index (χ4v) is 2.93. The molecular formula is C15H15IN2O3S. The van der Waals surface area contributed by atoms with E-state index >= 15 is 0 Å². The molecule has 5 nitrogen and oxygen atoms in total. The van der Waals surface area contributed by atoms with Crippen molar-refractivity contribution in [2.75, 3.05) is 11.9 Å². The van der Waals surface area contributed by atoms with Crippen LogP contribution in [-0.2, 0) is 16.0 Å². The maximum atomic E-state index is 12.2. The van der Waals surface area contributed by atoms with E-state index in [1.54, 1.807) is 18.4 Å². The molecule has 0 bridgehead atoms. The molecule has 0 aliphatic rings. The summed E-state index contributed by atoms with van der Waals surface area (Å²) in [5, 5.41) is 4.96. The van der Waals surface area contributed by atoms with Crippen LogP contribution in [0.1, 0.15) is 28.5 Å². The van der Waals surface area contributed by atoms with Gasteiger partial charge in [-0.1, -0.05) is 6.07 Å². The van der Waals surface area contributed by atoms with Crippen molar-refractivity contribution in [2.45, 2.75) is 20.3 Å². The Morgan fingerprint density at radius 3 is 2.86 bits per heavy atom. The maximum absolute atomic E-state index is 12.2. The van der Waals surface area contributed by atoms with Crippen molar-refractivity contribution in [3.8, 4) is 0 Å². The third-order valence-electron chi connectivity index (χ3n) is 2.84. The second-order valence-corrected chi connectivity index (χ2v) is 6.56. The Kier molecular flexibility index (Phi) is 5.90. The van der Waals surface area contributed by atoms with Gasteiger partial charge < -0.3 is 4.74 Å². The van der Waals surface area contributed by atoms with Gasteiger partial charge in [0.2, 0.25) is 0 Å². The van der Waals surface area contributed by atoms with E-state index in [0.717, 1.165) is 9.13 Å². The minimum absolute atomic E-state index is 0.114. The highest BCUT2D eigenvalue weighted by atomic mass is 127. The van der Waals surface area contributed by atoms with Crippen molar-refractivity contribution >= 4 is 50.9 Å². The normalized spacial score (nSPS) is 10.3. The monoisotopic (exact) mass is 430 g/mol. The van der Waals surface area contributed by atoms with E-state index < -0.39 is 0 Å². The molecule has 2 rings (SSSR count). The molecule has 0 spiro atoms. The molecule has 0 saturated carbocycles. The number of carbonyl (C=O) groups excluding carboxylic acids is 2. The quantitative estimate of drug-likeness (QED) is 0.583. The smallest absolute Gasteiger partial charge is 0.311 e. The first kappa shape index (κ1) is 16.9. The van der Waals surface area contributed by atoms with Gasteiger partial charge in [-0.2, -0.15) is 0 Å². The van der Waals surface area contributed by atoms with Crippen molar-refractivity contribution in [2.24, 2.45) is 0 Å². The average Bonchev–Trinajstić information content (AvgIpc) is 2.89. The highest BCUT2D eigenvalue weighted by Gasteiger charge is 2.12. The number of hydrogen-bond acceptors (Lipinski definition) is 5. The van der Waals surface area contributed by atoms with Crippen LogP contribution in [0.25, 0.3) is 0 Å². The number of hydrogen-bond donors (Lipinski definition) is 1. The first-order valence-electron chi connectivity index (χ1n) is 6.67. The van der Waals surface area contributed by atoms with Crippen LogP contribution in [0.4, 0.5) is 5.13 Å². The summed E-state index contributed by atoms with van der Waals surface area (Å²) in [4.78, 5) is 27.8. The lowest BCUT2D eigenvalue weighted by atomic mass is 10.1. The number of halogens is 1. The summed E-state index contributed by atoms with van der Waals surface area (Å²) >= 11 is 3.48. The van der Waals surface area contributed by atoms with Gasteiger partial charge in [0, 0.05) is 14.5 Å². The minimum atomic E-state index is -0.321. The zero-order valence-corrected chi connectivity index (χ0v) is 15.2. The predicted molar refractivity (Wildman–Crippen MR) is 94.3 cm³/mol. The van der Waals surface area contributed by atoms with Gasteiger partial charge in [-0.3, -0.25) is 14.9 Å². The second kappa shape index (κ2) is 7.68. The highest BCUT2D eigenvalue weighted by Crippen LogP contribution is 2.19. The highest BCUT2D eigenvalue weighted by molar-refractivity contribution is 14.1. The molecule has 1 N–H and O–H groups in total. The van der Waals surface area contributed by atoms with E-state index in [-0.39, 0.29) is 18.3 Å². The molecule has 22 heavy (non-hydrogen) atoms. The Morgan fingerprint density at radius 2 is 2.18 bits per heavy atom. The van der Waals surface area contributed by atoms with E-state index in [1.807, 2.05) is 19.1 Å². The van der Waals surface area contributed by atoms with Gasteiger partial charge in [-0.05, 0) is 54.1 Å². The number of thiazole rings is 1. The van der Waals surface area contributed by atoms with Crippen molar-refractivity contribution in [1.29, 1.82) is 0 Å². The van der Waals surface area contributed by atoms with Gasteiger partial charge in [-0.25, -0.2) is 4.98 Å². The fraction of sp³-hybridized carbons (Fsp3) is 0.267. The molecule has 0 aliphatic heterocycles. The third kappa shape index (κ3) is 4.51. The van der Waals surface area contributed by atoms with Crippen LogP contribution in [0.2, 0.25) is 0 Å². The van der Waals surface area contributed by atoms with Gasteiger partial charge in [0.15, 0.2) is 5.13 Å². The van der Waals surface area contributed by atoms with Crippen molar-refractivity contribution in [1.82, 2.24) is 4.98 Å². The minimum Gasteiger partial charge on any atom is -0.466 e. The molecule has 0 aliphatic carbocycles. The van der Waals surface area contributed by atoms with E-state index in [2.05, 4.69) is 32.9 Å². The number of benzene rings is 1. The summed E-state index contributed by atoms with van der Waals surface area (Å²) in [6.07, 6.45) is 0.114. The summed E-state index contributed by atoms with van der Waals surface area (Å²) in [5.41, 5.74) is 2.30. The van der Waals surface area contributed by atoms with Crippen LogP contribution >= 0.6 is 33.9 Å². The standard InChI is InChI=1S/C15H15IN2O3S/c1-3-21-13(19)7-11-8-22-15(17-11)18-14(20)10-5-4-9(2)12(16)6-10/h4-6,8H,3,7H2,1-2H3,(H,17,18,20). The number of rotatable bonds is 5. The zero-order valence-electron chi connectivity index (χ0n) is 12.2. The van der Waals surface area contributed by atoms with Crippen molar-refractivity contribution < 1.29 is 14.3 Å². The maximum Gasteiger partial charge on any atom is 0.311 e. The molecule has 1 heterocycles. The Labute approximate surface area is 146 Å². The Bertz CT molecular complexity index is 700. The lowest BCUT2D eigenvalue weighted by molar-refractivity contribution is -0.142. The fourth-order valence-electron chi connectivity index (χ4n) is 1.71. The van der Waals surface area contributed by atoms with Gasteiger partial charge >= 0.3 is 5.97 Å². The van der Waals surface area contributed by atoms with E-state index in [9.17, 15) is 9.59 Å². The predicted octanol–water partition coefficient (Wildman–Crippen LogP) is 3.41. The van der Waals surface area contributed by atoms with Gasteiger partial charge in [-0.15, -0.1) is 11.3 Å². The summed E-state index contributed by atoms with van der Waals surface area (Å²) in [6.45, 7) is 4.10. The van der Waals surface area contributed by atoms with Crippen LogP contribution in [0, 0.1) is 10.5 Å². The molecule has 2 aromatic rings. The number of anilines is 1. The van der Waals surface area contributed by atoms with E-state index in [0.29, 0.717) is 23.0 Å². The number of nitrogens with zero attached hydrogens (tertiary/aromatic N) is 1.